The zero-order chi connectivity index (χ0) is 29.8. The molecule has 220 valence electrons. The Morgan fingerprint density at radius 1 is 1.02 bits per heavy atom. The number of aromatic amines is 1. The number of aliphatic carboxylic acids is 1. The van der Waals surface area contributed by atoms with E-state index in [4.69, 9.17) is 17.2 Å². The van der Waals surface area contributed by atoms with Crippen LogP contribution in [0.3, 0.4) is 0 Å². The highest BCUT2D eigenvalue weighted by molar-refractivity contribution is 5.95. The third-order valence-corrected chi connectivity index (χ3v) is 6.63. The number of H-pyrrole nitrogens is 1. The largest absolute Gasteiger partial charge is 0.480 e. The molecule has 0 spiro atoms. The Bertz CT molecular complexity index is 1190. The van der Waals surface area contributed by atoms with Gasteiger partial charge in [-0.25, -0.2) is 4.79 Å². The molecule has 0 aliphatic carbocycles. The van der Waals surface area contributed by atoms with Gasteiger partial charge in [0.2, 0.25) is 17.7 Å². The number of aromatic nitrogens is 1. The minimum absolute atomic E-state index is 0.0187. The zero-order valence-electron chi connectivity index (χ0n) is 22.7. The van der Waals surface area contributed by atoms with Gasteiger partial charge in [0.25, 0.3) is 0 Å². The molecule has 0 aliphatic heterocycles. The van der Waals surface area contributed by atoms with Crippen molar-refractivity contribution in [3.8, 4) is 0 Å². The fraction of sp³-hybridized carbons (Fsp3) is 0.500. The summed E-state index contributed by atoms with van der Waals surface area (Å²) in [5, 5.41) is 27.8. The van der Waals surface area contributed by atoms with Crippen molar-refractivity contribution in [2.45, 2.75) is 63.7 Å². The van der Waals surface area contributed by atoms with Crippen LogP contribution in [0.5, 0.6) is 0 Å². The number of carboxylic acids is 1. The van der Waals surface area contributed by atoms with Crippen molar-refractivity contribution >= 4 is 40.6 Å². The molecule has 0 radical (unpaired) electrons. The number of carboxylic acid groups (broad SMARTS) is 1. The van der Waals surface area contributed by atoms with E-state index in [9.17, 15) is 29.4 Å². The number of carbonyl (C=O) groups excluding carboxylic acids is 3. The minimum atomic E-state index is -1.40. The molecule has 0 saturated carbocycles. The standard InChI is InChI=1S/C26H40N8O6/c1-3-14(2)21(25(39)40)34-23(37)19(11-15-12-31-18-9-5-4-7-16(15)18)32-24(38)20(13-35)33-22(36)17(27)8-6-10-30-26(28)29/h4-5,7,9,12,14,17,19-21,31,35H,3,6,8,10-11,13,27H2,1-2H3,(H,32,38)(H,33,36)(H,34,37)(H,39,40)(H4,28,29,30). The number of aliphatic hydroxyl groups excluding tert-OH is 1. The number of aliphatic hydroxyl groups is 1. The summed E-state index contributed by atoms with van der Waals surface area (Å²) in [6.07, 6.45) is 2.86. The number of nitrogens with one attached hydrogen (secondary N) is 4. The third kappa shape index (κ3) is 9.24. The van der Waals surface area contributed by atoms with Crippen LogP contribution in [0.2, 0.25) is 0 Å². The maximum atomic E-state index is 13.3. The Kier molecular flexibility index (Phi) is 12.4. The molecule has 0 bridgehead atoms. The summed E-state index contributed by atoms with van der Waals surface area (Å²) in [7, 11) is 0. The lowest BCUT2D eigenvalue weighted by Gasteiger charge is -2.26. The molecular formula is C26H40N8O6. The molecule has 0 aliphatic rings. The maximum Gasteiger partial charge on any atom is 0.326 e. The second-order valence-electron chi connectivity index (χ2n) is 9.63. The van der Waals surface area contributed by atoms with Gasteiger partial charge in [0, 0.05) is 30.1 Å². The summed E-state index contributed by atoms with van der Waals surface area (Å²) in [5.74, 6) is -3.89. The van der Waals surface area contributed by atoms with Gasteiger partial charge in [-0.1, -0.05) is 38.5 Å². The van der Waals surface area contributed by atoms with Crippen LogP contribution in [0, 0.1) is 5.92 Å². The number of amides is 3. The molecular weight excluding hydrogens is 520 g/mol. The topological polar surface area (TPSA) is 251 Å². The summed E-state index contributed by atoms with van der Waals surface area (Å²) in [6, 6.07) is 2.60. The van der Waals surface area contributed by atoms with Gasteiger partial charge in [0.15, 0.2) is 5.96 Å². The second kappa shape index (κ2) is 15.4. The van der Waals surface area contributed by atoms with Crippen LogP contribution in [0.4, 0.5) is 0 Å². The monoisotopic (exact) mass is 560 g/mol. The van der Waals surface area contributed by atoms with Crippen molar-refractivity contribution in [1.29, 1.82) is 0 Å². The second-order valence-corrected chi connectivity index (χ2v) is 9.63. The van der Waals surface area contributed by atoms with Gasteiger partial charge in [0.1, 0.15) is 18.1 Å². The van der Waals surface area contributed by atoms with Gasteiger partial charge in [0.05, 0.1) is 12.6 Å². The molecule has 2 aromatic rings. The number of nitrogens with zero attached hydrogens (tertiary/aromatic N) is 1. The average Bonchev–Trinajstić information content (AvgIpc) is 3.33. The summed E-state index contributed by atoms with van der Waals surface area (Å²) in [6.45, 7) is 3.01. The minimum Gasteiger partial charge on any atom is -0.480 e. The Balaban J connectivity index is 2.19. The van der Waals surface area contributed by atoms with Gasteiger partial charge in [-0.05, 0) is 30.4 Å². The molecule has 12 N–H and O–H groups in total. The van der Waals surface area contributed by atoms with Crippen molar-refractivity contribution in [3.05, 3.63) is 36.0 Å². The van der Waals surface area contributed by atoms with Crippen molar-refractivity contribution in [2.24, 2.45) is 28.1 Å². The van der Waals surface area contributed by atoms with Gasteiger partial charge >= 0.3 is 5.97 Å². The molecule has 40 heavy (non-hydrogen) atoms. The number of nitrogens with two attached hydrogens (primary N) is 3. The number of benzene rings is 1. The smallest absolute Gasteiger partial charge is 0.326 e. The van der Waals surface area contributed by atoms with E-state index in [0.717, 1.165) is 10.9 Å². The summed E-state index contributed by atoms with van der Waals surface area (Å²) < 4.78 is 0. The van der Waals surface area contributed by atoms with E-state index in [2.05, 4.69) is 25.9 Å². The molecule has 14 heteroatoms. The lowest BCUT2D eigenvalue weighted by atomic mass is 9.98. The van der Waals surface area contributed by atoms with E-state index < -0.39 is 54.5 Å². The number of rotatable bonds is 16. The number of guanidine groups is 1. The number of fused-ring (bicyclic) bond motifs is 1. The number of carbonyl (C=O) groups is 4. The summed E-state index contributed by atoms with van der Waals surface area (Å²) >= 11 is 0. The molecule has 1 aromatic carbocycles. The first-order valence-corrected chi connectivity index (χ1v) is 13.1. The normalized spacial score (nSPS) is 14.8. The number of para-hydroxylation sites is 1. The molecule has 0 fully saturated rings. The van der Waals surface area contributed by atoms with Crippen LogP contribution in [0.1, 0.15) is 38.7 Å². The molecule has 3 amide bonds. The van der Waals surface area contributed by atoms with E-state index in [1.165, 1.54) is 0 Å². The third-order valence-electron chi connectivity index (χ3n) is 6.63. The van der Waals surface area contributed by atoms with Gasteiger partial charge < -0.3 is 48.3 Å². The Hall–Kier alpha value is -4.17. The first-order valence-electron chi connectivity index (χ1n) is 13.1. The molecule has 0 saturated heterocycles. The van der Waals surface area contributed by atoms with Crippen LogP contribution < -0.4 is 33.2 Å². The highest BCUT2D eigenvalue weighted by Crippen LogP contribution is 2.19. The average molecular weight is 561 g/mol. The first-order chi connectivity index (χ1) is 19.0. The Morgan fingerprint density at radius 2 is 1.68 bits per heavy atom. The van der Waals surface area contributed by atoms with Crippen LogP contribution in [-0.4, -0.2) is 82.2 Å². The highest BCUT2D eigenvalue weighted by Gasteiger charge is 2.32. The van der Waals surface area contributed by atoms with Crippen molar-refractivity contribution in [2.75, 3.05) is 13.2 Å². The van der Waals surface area contributed by atoms with Crippen molar-refractivity contribution in [1.82, 2.24) is 20.9 Å². The summed E-state index contributed by atoms with van der Waals surface area (Å²) in [5.41, 5.74) is 18.0. The molecule has 1 aromatic heterocycles. The SMILES string of the molecule is CCC(C)C(NC(=O)C(Cc1c[nH]c2ccccc12)NC(=O)C(CO)NC(=O)C(N)CCCN=C(N)N)C(=O)O. The van der Waals surface area contributed by atoms with Crippen LogP contribution >= 0.6 is 0 Å². The van der Waals surface area contributed by atoms with E-state index >= 15 is 0 Å². The lowest BCUT2D eigenvalue weighted by Crippen LogP contribution is -2.59. The molecule has 14 nitrogen and oxygen atoms in total. The number of aliphatic imine (C=N–C) groups is 1. The van der Waals surface area contributed by atoms with Crippen molar-refractivity contribution in [3.63, 3.8) is 0 Å². The van der Waals surface area contributed by atoms with Crippen LogP contribution in [0.15, 0.2) is 35.5 Å². The van der Waals surface area contributed by atoms with E-state index in [1.807, 2.05) is 24.3 Å². The van der Waals surface area contributed by atoms with E-state index in [0.29, 0.717) is 18.4 Å². The van der Waals surface area contributed by atoms with Crippen LogP contribution in [-0.2, 0) is 25.6 Å². The van der Waals surface area contributed by atoms with Gasteiger partial charge in [-0.2, -0.15) is 0 Å². The molecule has 5 atom stereocenters. The summed E-state index contributed by atoms with van der Waals surface area (Å²) in [4.78, 5) is 57.7. The number of hydrogen-bond acceptors (Lipinski definition) is 7. The van der Waals surface area contributed by atoms with E-state index in [1.54, 1.807) is 20.0 Å². The Labute approximate surface area is 232 Å². The Morgan fingerprint density at radius 3 is 2.30 bits per heavy atom. The van der Waals surface area contributed by atoms with Gasteiger partial charge in [-0.3, -0.25) is 19.4 Å². The highest BCUT2D eigenvalue weighted by atomic mass is 16.4. The molecule has 1 heterocycles. The maximum absolute atomic E-state index is 13.3. The quantitative estimate of drug-likeness (QED) is 0.0669. The molecule has 2 rings (SSSR count). The van der Waals surface area contributed by atoms with Crippen molar-refractivity contribution < 1.29 is 29.4 Å². The number of hydrogen-bond donors (Lipinski definition) is 9. The first kappa shape index (κ1) is 32.0. The van der Waals surface area contributed by atoms with Gasteiger partial charge in [-0.15, -0.1) is 0 Å². The lowest BCUT2D eigenvalue weighted by molar-refractivity contribution is -0.143. The zero-order valence-corrected chi connectivity index (χ0v) is 22.7. The fourth-order valence-electron chi connectivity index (χ4n) is 4.06. The van der Waals surface area contributed by atoms with Crippen LogP contribution in [0.25, 0.3) is 10.9 Å². The van der Waals surface area contributed by atoms with E-state index in [-0.39, 0.29) is 31.3 Å². The fourth-order valence-corrected chi connectivity index (χ4v) is 4.06. The molecule has 5 unspecified atom stereocenters. The predicted molar refractivity (Wildman–Crippen MR) is 150 cm³/mol. The predicted octanol–water partition coefficient (Wildman–Crippen LogP) is -1.33.